The predicted molar refractivity (Wildman–Crippen MR) is 87.5 cm³/mol. The molecule has 0 aliphatic rings. The fourth-order valence-electron chi connectivity index (χ4n) is 2.16. The highest BCUT2D eigenvalue weighted by molar-refractivity contribution is 5.85. The predicted octanol–water partition coefficient (Wildman–Crippen LogP) is 3.48. The van der Waals surface area contributed by atoms with Crippen molar-refractivity contribution in [3.63, 3.8) is 0 Å². The summed E-state index contributed by atoms with van der Waals surface area (Å²) in [5.41, 5.74) is -3.10. The van der Waals surface area contributed by atoms with Crippen LogP contribution >= 0.6 is 0 Å². The van der Waals surface area contributed by atoms with Crippen molar-refractivity contribution in [3.05, 3.63) is 29.3 Å². The van der Waals surface area contributed by atoms with Gasteiger partial charge in [0.25, 0.3) is 5.91 Å². The first-order chi connectivity index (χ1) is 12.7. The van der Waals surface area contributed by atoms with E-state index in [2.05, 4.69) is 5.32 Å². The summed E-state index contributed by atoms with van der Waals surface area (Å²) in [7, 11) is 0. The second-order valence-corrected chi connectivity index (χ2v) is 6.16. The first-order valence-electron chi connectivity index (χ1n) is 8.23. The molecule has 1 aromatic carbocycles. The molecule has 0 aliphatic heterocycles. The van der Waals surface area contributed by atoms with Crippen molar-refractivity contribution in [1.82, 2.24) is 10.2 Å². The van der Waals surface area contributed by atoms with Gasteiger partial charge in [0.05, 0.1) is 17.7 Å². The van der Waals surface area contributed by atoms with Crippen molar-refractivity contribution in [2.75, 3.05) is 19.7 Å². The number of nitrogens with zero attached hydrogens (tertiary/aromatic N) is 1. The van der Waals surface area contributed by atoms with Crippen molar-refractivity contribution in [3.8, 4) is 5.75 Å². The number of halogens is 6. The third-order valence-electron chi connectivity index (χ3n) is 3.44. The number of rotatable bonds is 7. The first kappa shape index (κ1) is 23.6. The van der Waals surface area contributed by atoms with Gasteiger partial charge in [-0.05, 0) is 39.0 Å². The molecule has 0 bridgehead atoms. The number of benzene rings is 1. The molecule has 0 aliphatic carbocycles. The molecule has 158 valence electrons. The lowest BCUT2D eigenvalue weighted by atomic mass is 10.1. The number of hydrogen-bond acceptors (Lipinski definition) is 3. The minimum Gasteiger partial charge on any atom is -0.484 e. The van der Waals surface area contributed by atoms with E-state index in [4.69, 9.17) is 4.74 Å². The average molecular weight is 414 g/mol. The fourth-order valence-corrected chi connectivity index (χ4v) is 2.16. The highest BCUT2D eigenvalue weighted by atomic mass is 19.4. The smallest absolute Gasteiger partial charge is 0.416 e. The lowest BCUT2D eigenvalue weighted by Crippen LogP contribution is -2.44. The summed E-state index contributed by atoms with van der Waals surface area (Å²) < 4.78 is 81.8. The van der Waals surface area contributed by atoms with Gasteiger partial charge in [0.15, 0.2) is 6.61 Å². The van der Waals surface area contributed by atoms with Crippen molar-refractivity contribution in [2.24, 2.45) is 0 Å². The molecule has 5 nitrogen and oxygen atoms in total. The number of amides is 2. The molecule has 0 radical (unpaired) electrons. The molecule has 0 heterocycles. The van der Waals surface area contributed by atoms with Gasteiger partial charge >= 0.3 is 12.4 Å². The maximum Gasteiger partial charge on any atom is 0.416 e. The van der Waals surface area contributed by atoms with Gasteiger partial charge in [0, 0.05) is 12.6 Å². The van der Waals surface area contributed by atoms with Crippen LogP contribution in [0.2, 0.25) is 0 Å². The summed E-state index contributed by atoms with van der Waals surface area (Å²) in [6.07, 6.45) is -10.0. The van der Waals surface area contributed by atoms with Crippen LogP contribution in [-0.4, -0.2) is 42.5 Å². The number of nitrogens with one attached hydrogen (secondary N) is 1. The van der Waals surface area contributed by atoms with E-state index in [-0.39, 0.29) is 25.2 Å². The summed E-state index contributed by atoms with van der Waals surface area (Å²) in [6, 6.07) is 0.557. The Balaban J connectivity index is 2.92. The van der Waals surface area contributed by atoms with E-state index >= 15 is 0 Å². The third kappa shape index (κ3) is 7.28. The second kappa shape index (κ2) is 9.16. The Bertz CT molecular complexity index is 669. The lowest BCUT2D eigenvalue weighted by molar-refractivity contribution is -0.143. The minimum absolute atomic E-state index is 0.0384. The van der Waals surface area contributed by atoms with Crippen molar-refractivity contribution in [1.29, 1.82) is 0 Å². The van der Waals surface area contributed by atoms with Gasteiger partial charge in [-0.3, -0.25) is 9.59 Å². The number of alkyl halides is 6. The largest absolute Gasteiger partial charge is 0.484 e. The van der Waals surface area contributed by atoms with E-state index in [1.54, 1.807) is 20.8 Å². The van der Waals surface area contributed by atoms with Gasteiger partial charge in [-0.1, -0.05) is 0 Å². The quantitative estimate of drug-likeness (QED) is 0.696. The molecule has 11 heteroatoms. The molecule has 0 saturated heterocycles. The molecule has 0 fully saturated rings. The number of hydrogen-bond donors (Lipinski definition) is 1. The molecule has 0 unspecified atom stereocenters. The van der Waals surface area contributed by atoms with Crippen molar-refractivity contribution in [2.45, 2.75) is 39.2 Å². The van der Waals surface area contributed by atoms with E-state index in [9.17, 15) is 35.9 Å². The maximum atomic E-state index is 12.8. The summed E-state index contributed by atoms with van der Waals surface area (Å²) in [6.45, 7) is 3.96. The van der Waals surface area contributed by atoms with Crippen LogP contribution in [0.1, 0.15) is 31.9 Å². The number of likely N-dealkylation sites (N-methyl/N-ethyl adjacent to an activating group) is 1. The molecule has 0 aromatic heterocycles. The zero-order valence-electron chi connectivity index (χ0n) is 15.4. The first-order valence-corrected chi connectivity index (χ1v) is 8.23. The van der Waals surface area contributed by atoms with Crippen LogP contribution in [0.25, 0.3) is 0 Å². The number of carbonyl (C=O) groups excluding carboxylic acids is 2. The lowest BCUT2D eigenvalue weighted by Gasteiger charge is -2.21. The molecule has 1 aromatic rings. The van der Waals surface area contributed by atoms with Gasteiger partial charge in [0.1, 0.15) is 5.75 Å². The van der Waals surface area contributed by atoms with Gasteiger partial charge in [-0.2, -0.15) is 26.3 Å². The third-order valence-corrected chi connectivity index (χ3v) is 3.44. The molecular weight excluding hydrogens is 394 g/mol. The van der Waals surface area contributed by atoms with Gasteiger partial charge < -0.3 is 15.0 Å². The molecule has 0 atom stereocenters. The monoisotopic (exact) mass is 414 g/mol. The molecule has 28 heavy (non-hydrogen) atoms. The van der Waals surface area contributed by atoms with Gasteiger partial charge in [0.2, 0.25) is 5.91 Å². The zero-order chi connectivity index (χ0) is 21.7. The van der Waals surface area contributed by atoms with Crippen LogP contribution in [0, 0.1) is 0 Å². The van der Waals surface area contributed by atoms with E-state index < -0.39 is 47.7 Å². The molecule has 1 N–H and O–H groups in total. The standard InChI is InChI=1S/C17H20F6N2O3/c1-4-25(8-14(26)24-10(2)3)15(27)9-28-13-6-11(16(18,19)20)5-12(7-13)17(21,22)23/h5-7,10H,4,8-9H2,1-3H3,(H,24,26). The Morgan fingerprint density at radius 2 is 1.54 bits per heavy atom. The highest BCUT2D eigenvalue weighted by Gasteiger charge is 2.37. The van der Waals surface area contributed by atoms with Crippen LogP contribution < -0.4 is 10.1 Å². The van der Waals surface area contributed by atoms with E-state index in [0.717, 1.165) is 4.90 Å². The van der Waals surface area contributed by atoms with E-state index in [1.165, 1.54) is 0 Å². The molecule has 1 rings (SSSR count). The van der Waals surface area contributed by atoms with E-state index in [0.29, 0.717) is 12.1 Å². The van der Waals surface area contributed by atoms with Crippen LogP contribution in [0.5, 0.6) is 5.75 Å². The summed E-state index contributed by atoms with van der Waals surface area (Å²) in [5.74, 6) is -1.96. The van der Waals surface area contributed by atoms with Crippen molar-refractivity contribution < 1.29 is 40.7 Å². The van der Waals surface area contributed by atoms with Crippen molar-refractivity contribution >= 4 is 11.8 Å². The van der Waals surface area contributed by atoms with Gasteiger partial charge in [-0.25, -0.2) is 0 Å². The topological polar surface area (TPSA) is 58.6 Å². The highest BCUT2D eigenvalue weighted by Crippen LogP contribution is 2.38. The Hall–Kier alpha value is -2.46. The fraction of sp³-hybridized carbons (Fsp3) is 0.529. The summed E-state index contributed by atoms with van der Waals surface area (Å²) in [4.78, 5) is 24.9. The normalized spacial score (nSPS) is 12.1. The summed E-state index contributed by atoms with van der Waals surface area (Å²) in [5, 5.41) is 2.56. The van der Waals surface area contributed by atoms with Crippen LogP contribution in [0.15, 0.2) is 18.2 Å². The summed E-state index contributed by atoms with van der Waals surface area (Å²) >= 11 is 0. The molecule has 0 spiro atoms. The minimum atomic E-state index is -5.02. The van der Waals surface area contributed by atoms with Crippen LogP contribution in [0.4, 0.5) is 26.3 Å². The molecular formula is C17H20F6N2O3. The Labute approximate surface area is 157 Å². The van der Waals surface area contributed by atoms with Gasteiger partial charge in [-0.15, -0.1) is 0 Å². The zero-order valence-corrected chi connectivity index (χ0v) is 15.4. The van der Waals surface area contributed by atoms with Crippen LogP contribution in [0.3, 0.4) is 0 Å². The maximum absolute atomic E-state index is 12.8. The van der Waals surface area contributed by atoms with Crippen LogP contribution in [-0.2, 0) is 21.9 Å². The second-order valence-electron chi connectivity index (χ2n) is 6.16. The average Bonchev–Trinajstić information content (AvgIpc) is 2.55. The Kier molecular flexibility index (Phi) is 7.71. The molecule has 0 saturated carbocycles. The Morgan fingerprint density at radius 1 is 1.04 bits per heavy atom. The SMILES string of the molecule is CCN(CC(=O)NC(C)C)C(=O)COc1cc(C(F)(F)F)cc(C(F)(F)F)c1. The number of ether oxygens (including phenoxy) is 1. The van der Waals surface area contributed by atoms with E-state index in [1.807, 2.05) is 0 Å². The molecule has 2 amide bonds. The Morgan fingerprint density at radius 3 is 1.93 bits per heavy atom. The number of carbonyl (C=O) groups is 2.